The van der Waals surface area contributed by atoms with E-state index in [2.05, 4.69) is 26.0 Å². The highest BCUT2D eigenvalue weighted by molar-refractivity contribution is 9.10. The van der Waals surface area contributed by atoms with Crippen molar-refractivity contribution >= 4 is 21.9 Å². The molecule has 4 saturated carbocycles. The van der Waals surface area contributed by atoms with Crippen LogP contribution in [0.25, 0.3) is 0 Å². The van der Waals surface area contributed by atoms with E-state index < -0.39 is 4.92 Å². The summed E-state index contributed by atoms with van der Waals surface area (Å²) in [6, 6.07) is 0. The second-order valence-electron chi connectivity index (χ2n) is 6.49. The van der Waals surface area contributed by atoms with E-state index in [1.54, 1.807) is 0 Å². The molecule has 5 rings (SSSR count). The minimum absolute atomic E-state index is 0.0190. The van der Waals surface area contributed by atoms with E-state index in [1.165, 1.54) is 19.3 Å². The minimum Gasteiger partial charge on any atom is -0.390 e. The largest absolute Gasteiger partial charge is 0.492 e. The molecule has 4 aliphatic rings. The fourth-order valence-corrected chi connectivity index (χ4v) is 5.60. The zero-order valence-corrected chi connectivity index (χ0v) is 12.0. The number of halogens is 1. The Kier molecular flexibility index (Phi) is 2.35. The first-order valence-corrected chi connectivity index (χ1v) is 7.62. The van der Waals surface area contributed by atoms with Gasteiger partial charge in [0.2, 0.25) is 0 Å². The predicted molar refractivity (Wildman–Crippen MR) is 70.5 cm³/mol. The maximum absolute atomic E-state index is 10.8. The van der Waals surface area contributed by atoms with E-state index in [0.29, 0.717) is 4.73 Å². The maximum Gasteiger partial charge on any atom is 0.492 e. The first-order chi connectivity index (χ1) is 9.06. The molecule has 0 spiro atoms. The van der Waals surface area contributed by atoms with Gasteiger partial charge >= 0.3 is 5.95 Å². The standard InChI is InChI=1S/C12H15BrN4O2/c13-10-14-11(17(18)19)15-16(10)12-4-7-1-8(5-12)3-9(2-7)6-12/h7-9H,1-6H2. The van der Waals surface area contributed by atoms with Gasteiger partial charge in [-0.3, -0.25) is 0 Å². The van der Waals surface area contributed by atoms with E-state index >= 15 is 0 Å². The number of nitro groups is 1. The van der Waals surface area contributed by atoms with Gasteiger partial charge in [0.1, 0.15) is 0 Å². The highest BCUT2D eigenvalue weighted by Gasteiger charge is 2.54. The lowest BCUT2D eigenvalue weighted by molar-refractivity contribution is -0.394. The van der Waals surface area contributed by atoms with Crippen molar-refractivity contribution in [1.82, 2.24) is 14.8 Å². The fourth-order valence-electron chi connectivity index (χ4n) is 4.99. The van der Waals surface area contributed by atoms with E-state index in [9.17, 15) is 10.1 Å². The van der Waals surface area contributed by atoms with Crippen LogP contribution in [-0.2, 0) is 5.54 Å². The van der Waals surface area contributed by atoms with Crippen molar-refractivity contribution in [3.63, 3.8) is 0 Å². The molecule has 0 N–H and O–H groups in total. The molecule has 19 heavy (non-hydrogen) atoms. The monoisotopic (exact) mass is 326 g/mol. The summed E-state index contributed by atoms with van der Waals surface area (Å²) >= 11 is 3.36. The van der Waals surface area contributed by atoms with Gasteiger partial charge in [-0.15, -0.1) is 0 Å². The van der Waals surface area contributed by atoms with Crippen LogP contribution in [0.2, 0.25) is 0 Å². The van der Waals surface area contributed by atoms with Crippen molar-refractivity contribution in [3.8, 4) is 0 Å². The van der Waals surface area contributed by atoms with Crippen molar-refractivity contribution in [1.29, 1.82) is 0 Å². The summed E-state index contributed by atoms with van der Waals surface area (Å²) in [5.74, 6) is 2.05. The average molecular weight is 327 g/mol. The van der Waals surface area contributed by atoms with Gasteiger partial charge in [-0.05, 0) is 66.2 Å². The quantitative estimate of drug-likeness (QED) is 0.618. The summed E-state index contributed by atoms with van der Waals surface area (Å²) in [4.78, 5) is 14.3. The topological polar surface area (TPSA) is 73.8 Å². The van der Waals surface area contributed by atoms with Crippen LogP contribution in [0.15, 0.2) is 4.73 Å². The van der Waals surface area contributed by atoms with Gasteiger partial charge in [0.15, 0.2) is 0 Å². The second kappa shape index (κ2) is 3.77. The Morgan fingerprint density at radius 2 is 1.74 bits per heavy atom. The van der Waals surface area contributed by atoms with Crippen molar-refractivity contribution in [2.45, 2.75) is 44.1 Å². The average Bonchev–Trinajstić information content (AvgIpc) is 2.70. The Hall–Kier alpha value is -0.980. The first kappa shape index (κ1) is 11.8. The molecular weight excluding hydrogens is 312 g/mol. The number of hydrogen-bond donors (Lipinski definition) is 0. The van der Waals surface area contributed by atoms with E-state index in [-0.39, 0.29) is 11.5 Å². The van der Waals surface area contributed by atoms with Crippen LogP contribution in [0.1, 0.15) is 38.5 Å². The predicted octanol–water partition coefficient (Wildman–Crippen LogP) is 2.87. The van der Waals surface area contributed by atoms with Crippen LogP contribution in [0.3, 0.4) is 0 Å². The van der Waals surface area contributed by atoms with Gasteiger partial charge in [-0.25, -0.2) is 0 Å². The van der Waals surface area contributed by atoms with Gasteiger partial charge in [0, 0.05) is 21.0 Å². The molecule has 1 aromatic heterocycles. The third-order valence-corrected chi connectivity index (χ3v) is 5.69. The molecule has 6 nitrogen and oxygen atoms in total. The van der Waals surface area contributed by atoms with Gasteiger partial charge in [0.25, 0.3) is 4.73 Å². The molecule has 0 unspecified atom stereocenters. The maximum atomic E-state index is 10.8. The molecule has 4 fully saturated rings. The Balaban J connectivity index is 1.77. The molecule has 0 aromatic carbocycles. The highest BCUT2D eigenvalue weighted by atomic mass is 79.9. The van der Waals surface area contributed by atoms with E-state index in [0.717, 1.165) is 37.0 Å². The zero-order chi connectivity index (χ0) is 13.2. The van der Waals surface area contributed by atoms with Gasteiger partial charge in [0.05, 0.1) is 5.54 Å². The molecule has 0 aliphatic heterocycles. The third kappa shape index (κ3) is 1.67. The molecule has 4 aliphatic carbocycles. The number of aromatic nitrogens is 3. The summed E-state index contributed by atoms with van der Waals surface area (Å²) in [7, 11) is 0. The molecule has 102 valence electrons. The fraction of sp³-hybridized carbons (Fsp3) is 0.833. The van der Waals surface area contributed by atoms with Crippen LogP contribution in [-0.4, -0.2) is 19.7 Å². The zero-order valence-electron chi connectivity index (χ0n) is 10.5. The van der Waals surface area contributed by atoms with Crippen LogP contribution in [0.4, 0.5) is 5.95 Å². The highest BCUT2D eigenvalue weighted by Crippen LogP contribution is 2.59. The lowest BCUT2D eigenvalue weighted by Crippen LogP contribution is -2.52. The van der Waals surface area contributed by atoms with Gasteiger partial charge in [-0.1, -0.05) is 0 Å². The Morgan fingerprint density at radius 3 is 2.16 bits per heavy atom. The van der Waals surface area contributed by atoms with E-state index in [1.807, 2.05) is 4.68 Å². The van der Waals surface area contributed by atoms with E-state index in [4.69, 9.17) is 0 Å². The lowest BCUT2D eigenvalue weighted by Gasteiger charge is -2.55. The van der Waals surface area contributed by atoms with Crippen LogP contribution >= 0.6 is 15.9 Å². The summed E-state index contributed by atoms with van der Waals surface area (Å²) < 4.78 is 2.33. The Bertz CT molecular complexity index is 521. The Labute approximate surface area is 118 Å². The number of hydrogen-bond acceptors (Lipinski definition) is 4. The molecule has 4 bridgehead atoms. The molecule has 1 aromatic rings. The molecule has 0 atom stereocenters. The lowest BCUT2D eigenvalue weighted by atomic mass is 9.53. The molecular formula is C12H15BrN4O2. The summed E-state index contributed by atoms with van der Waals surface area (Å²) in [5.41, 5.74) is -0.0190. The SMILES string of the molecule is O=[N+]([O-])c1nc(Br)n(C23CC4CC(CC(C4)C2)C3)n1. The summed E-state index contributed by atoms with van der Waals surface area (Å²) in [6.45, 7) is 0. The summed E-state index contributed by atoms with van der Waals surface area (Å²) in [5, 5.41) is 15.0. The molecule has 7 heteroatoms. The molecule has 0 radical (unpaired) electrons. The summed E-state index contributed by atoms with van der Waals surface area (Å²) in [6.07, 6.45) is 7.35. The first-order valence-electron chi connectivity index (χ1n) is 6.83. The van der Waals surface area contributed by atoms with Crippen molar-refractivity contribution in [2.24, 2.45) is 17.8 Å². The van der Waals surface area contributed by atoms with Gasteiger partial charge < -0.3 is 10.1 Å². The van der Waals surface area contributed by atoms with Crippen molar-refractivity contribution in [3.05, 3.63) is 14.8 Å². The Morgan fingerprint density at radius 1 is 1.21 bits per heavy atom. The van der Waals surface area contributed by atoms with Crippen LogP contribution < -0.4 is 0 Å². The number of nitrogens with zero attached hydrogens (tertiary/aromatic N) is 4. The molecule has 0 saturated heterocycles. The van der Waals surface area contributed by atoms with Crippen molar-refractivity contribution < 1.29 is 4.92 Å². The van der Waals surface area contributed by atoms with Crippen LogP contribution in [0.5, 0.6) is 0 Å². The third-order valence-electron chi connectivity index (χ3n) is 5.17. The molecule has 1 heterocycles. The van der Waals surface area contributed by atoms with Gasteiger partial charge in [-0.2, -0.15) is 4.68 Å². The minimum atomic E-state index is -0.512. The van der Waals surface area contributed by atoms with Crippen LogP contribution in [0, 0.1) is 27.9 Å². The smallest absolute Gasteiger partial charge is 0.390 e. The number of rotatable bonds is 2. The van der Waals surface area contributed by atoms with Crippen molar-refractivity contribution in [2.75, 3.05) is 0 Å². The molecule has 0 amide bonds. The second-order valence-corrected chi connectivity index (χ2v) is 7.20. The normalized spacial score (nSPS) is 39.7.